The third-order valence-electron chi connectivity index (χ3n) is 2.51. The molecule has 0 atom stereocenters. The van der Waals surface area contributed by atoms with Crippen molar-refractivity contribution in [3.05, 3.63) is 24.0 Å². The monoisotopic (exact) mass is 276 g/mol. The van der Waals surface area contributed by atoms with Crippen molar-refractivity contribution in [3.63, 3.8) is 0 Å². The summed E-state index contributed by atoms with van der Waals surface area (Å²) in [6.45, 7) is 0.698. The van der Waals surface area contributed by atoms with Crippen molar-refractivity contribution in [2.75, 3.05) is 27.2 Å². The second kappa shape index (κ2) is 6.12. The van der Waals surface area contributed by atoms with Crippen molar-refractivity contribution in [1.29, 1.82) is 0 Å². The molecule has 7 heteroatoms. The van der Waals surface area contributed by atoms with Crippen LogP contribution in [0.1, 0.15) is 6.42 Å². The summed E-state index contributed by atoms with van der Waals surface area (Å²) in [5.74, 6) is -0.690. The molecule has 5 nitrogen and oxygen atoms in total. The number of nitrogens with two attached hydrogens (primary N) is 1. The lowest BCUT2D eigenvalue weighted by Crippen LogP contribution is -2.29. The van der Waals surface area contributed by atoms with E-state index in [2.05, 4.69) is 0 Å². The van der Waals surface area contributed by atoms with E-state index in [4.69, 9.17) is 10.5 Å². The normalized spacial score (nSPS) is 11.8. The molecule has 0 bridgehead atoms. The Hall–Kier alpha value is -1.18. The van der Waals surface area contributed by atoms with E-state index in [-0.39, 0.29) is 10.6 Å². The second-order valence-electron chi connectivity index (χ2n) is 3.77. The van der Waals surface area contributed by atoms with E-state index >= 15 is 0 Å². The minimum absolute atomic E-state index is 0.0126. The SMILES string of the molecule is COc1ccc(S(=O)(=O)N(C)CCCN)cc1F. The summed E-state index contributed by atoms with van der Waals surface area (Å²) >= 11 is 0. The minimum atomic E-state index is -3.68. The Labute approximate surface area is 106 Å². The Morgan fingerprint density at radius 1 is 1.44 bits per heavy atom. The van der Waals surface area contributed by atoms with Gasteiger partial charge in [-0.1, -0.05) is 0 Å². The lowest BCUT2D eigenvalue weighted by molar-refractivity contribution is 0.385. The Balaban J connectivity index is 3.01. The summed E-state index contributed by atoms with van der Waals surface area (Å²) in [5, 5.41) is 0. The molecule has 102 valence electrons. The molecule has 1 aromatic carbocycles. The zero-order valence-electron chi connectivity index (χ0n) is 10.4. The van der Waals surface area contributed by atoms with Gasteiger partial charge in [-0.25, -0.2) is 17.1 Å². The van der Waals surface area contributed by atoms with Crippen molar-refractivity contribution in [2.24, 2.45) is 5.73 Å². The smallest absolute Gasteiger partial charge is 0.242 e. The van der Waals surface area contributed by atoms with Crippen molar-refractivity contribution < 1.29 is 17.5 Å². The molecule has 2 N–H and O–H groups in total. The first-order chi connectivity index (χ1) is 8.43. The van der Waals surface area contributed by atoms with E-state index in [1.54, 1.807) is 0 Å². The standard InChI is InChI=1S/C11H17FN2O3S/c1-14(7-3-6-13)18(15,16)9-4-5-11(17-2)10(12)8-9/h4-5,8H,3,6-7,13H2,1-2H3. The molecule has 0 aliphatic carbocycles. The van der Waals surface area contributed by atoms with Crippen LogP contribution in [0.15, 0.2) is 23.1 Å². The van der Waals surface area contributed by atoms with E-state index < -0.39 is 15.8 Å². The number of methoxy groups -OCH3 is 1. The fourth-order valence-corrected chi connectivity index (χ4v) is 2.64. The molecule has 0 spiro atoms. The van der Waals surface area contributed by atoms with Crippen LogP contribution >= 0.6 is 0 Å². The Morgan fingerprint density at radius 2 is 2.11 bits per heavy atom. The summed E-state index contributed by atoms with van der Waals surface area (Å²) in [7, 11) is -0.919. The third kappa shape index (κ3) is 3.18. The lowest BCUT2D eigenvalue weighted by Gasteiger charge is -2.17. The van der Waals surface area contributed by atoms with Gasteiger partial charge < -0.3 is 10.5 Å². The summed E-state index contributed by atoms with van der Waals surface area (Å²) < 4.78 is 43.5. The van der Waals surface area contributed by atoms with Crippen molar-refractivity contribution in [3.8, 4) is 5.75 Å². The fourth-order valence-electron chi connectivity index (χ4n) is 1.42. The summed E-state index contributed by atoms with van der Waals surface area (Å²) in [6.07, 6.45) is 0.550. The van der Waals surface area contributed by atoms with Crippen LogP contribution in [0.2, 0.25) is 0 Å². The minimum Gasteiger partial charge on any atom is -0.494 e. The molecule has 0 aromatic heterocycles. The Bertz CT molecular complexity index is 505. The van der Waals surface area contributed by atoms with Crippen LogP contribution in [0.5, 0.6) is 5.75 Å². The topological polar surface area (TPSA) is 72.6 Å². The first-order valence-corrected chi connectivity index (χ1v) is 6.87. The van der Waals surface area contributed by atoms with Gasteiger partial charge in [0.15, 0.2) is 11.6 Å². The molecule has 0 unspecified atom stereocenters. The molecule has 0 heterocycles. The van der Waals surface area contributed by atoms with Crippen LogP contribution in [0.25, 0.3) is 0 Å². The number of rotatable bonds is 6. The van der Waals surface area contributed by atoms with Crippen LogP contribution in [0.4, 0.5) is 4.39 Å². The first kappa shape index (κ1) is 14.9. The van der Waals surface area contributed by atoms with E-state index in [1.165, 1.54) is 26.3 Å². The third-order valence-corrected chi connectivity index (χ3v) is 4.36. The fraction of sp³-hybridized carbons (Fsp3) is 0.455. The predicted octanol–water partition coefficient (Wildman–Crippen LogP) is 0.804. The van der Waals surface area contributed by atoms with Gasteiger partial charge in [-0.3, -0.25) is 0 Å². The summed E-state index contributed by atoms with van der Waals surface area (Å²) in [4.78, 5) is -0.0969. The quantitative estimate of drug-likeness (QED) is 0.834. The van der Waals surface area contributed by atoms with Crippen LogP contribution in [-0.4, -0.2) is 40.0 Å². The highest BCUT2D eigenvalue weighted by Crippen LogP contribution is 2.22. The molecule has 0 saturated carbocycles. The van der Waals surface area contributed by atoms with E-state index in [0.717, 1.165) is 10.4 Å². The van der Waals surface area contributed by atoms with Gasteiger partial charge in [0.2, 0.25) is 10.0 Å². The molecular formula is C11H17FN2O3S. The number of ether oxygens (including phenoxy) is 1. The van der Waals surface area contributed by atoms with Crippen LogP contribution in [-0.2, 0) is 10.0 Å². The molecule has 1 aromatic rings. The van der Waals surface area contributed by atoms with Crippen LogP contribution in [0.3, 0.4) is 0 Å². The molecule has 0 fully saturated rings. The highest BCUT2D eigenvalue weighted by atomic mass is 32.2. The van der Waals surface area contributed by atoms with Gasteiger partial charge in [0, 0.05) is 13.6 Å². The second-order valence-corrected chi connectivity index (χ2v) is 5.81. The zero-order valence-corrected chi connectivity index (χ0v) is 11.2. The van der Waals surface area contributed by atoms with Crippen LogP contribution in [0, 0.1) is 5.82 Å². The van der Waals surface area contributed by atoms with Gasteiger partial charge in [-0.15, -0.1) is 0 Å². The lowest BCUT2D eigenvalue weighted by atomic mass is 10.3. The molecule has 0 aliphatic heterocycles. The zero-order chi connectivity index (χ0) is 13.8. The maximum absolute atomic E-state index is 13.5. The van der Waals surface area contributed by atoms with Gasteiger partial charge in [0.1, 0.15) is 0 Å². The number of nitrogens with zero attached hydrogens (tertiary/aromatic N) is 1. The molecule has 0 amide bonds. The van der Waals surface area contributed by atoms with Gasteiger partial charge in [0.25, 0.3) is 0 Å². The van der Waals surface area contributed by atoms with Gasteiger partial charge in [-0.2, -0.15) is 0 Å². The maximum atomic E-state index is 13.5. The molecule has 1 rings (SSSR count). The molecule has 0 saturated heterocycles. The van der Waals surface area contributed by atoms with Gasteiger partial charge >= 0.3 is 0 Å². The van der Waals surface area contributed by atoms with Crippen molar-refractivity contribution >= 4 is 10.0 Å². The van der Waals surface area contributed by atoms with Crippen molar-refractivity contribution in [2.45, 2.75) is 11.3 Å². The average molecular weight is 276 g/mol. The first-order valence-electron chi connectivity index (χ1n) is 5.43. The largest absolute Gasteiger partial charge is 0.494 e. The molecular weight excluding hydrogens is 259 g/mol. The maximum Gasteiger partial charge on any atom is 0.242 e. The predicted molar refractivity (Wildman–Crippen MR) is 66.4 cm³/mol. The Kier molecular flexibility index (Phi) is 5.06. The van der Waals surface area contributed by atoms with Gasteiger partial charge in [0.05, 0.1) is 12.0 Å². The number of halogens is 1. The average Bonchev–Trinajstić information content (AvgIpc) is 2.35. The highest BCUT2D eigenvalue weighted by molar-refractivity contribution is 7.89. The molecule has 18 heavy (non-hydrogen) atoms. The summed E-state index contributed by atoms with van der Waals surface area (Å²) in [6, 6.07) is 3.56. The number of benzene rings is 1. The van der Waals surface area contributed by atoms with Crippen LogP contribution < -0.4 is 10.5 Å². The van der Waals surface area contributed by atoms with E-state index in [1.807, 2.05) is 0 Å². The van der Waals surface area contributed by atoms with E-state index in [0.29, 0.717) is 19.5 Å². The Morgan fingerprint density at radius 3 is 2.61 bits per heavy atom. The highest BCUT2D eigenvalue weighted by Gasteiger charge is 2.21. The number of sulfonamides is 1. The number of hydrogen-bond acceptors (Lipinski definition) is 4. The molecule has 0 radical (unpaired) electrons. The van der Waals surface area contributed by atoms with Crippen molar-refractivity contribution in [1.82, 2.24) is 4.31 Å². The summed E-state index contributed by atoms with van der Waals surface area (Å²) in [5.41, 5.74) is 5.32. The number of hydrogen-bond donors (Lipinski definition) is 1. The molecule has 0 aliphatic rings. The van der Waals surface area contributed by atoms with Gasteiger partial charge in [-0.05, 0) is 31.2 Å². The van der Waals surface area contributed by atoms with E-state index in [9.17, 15) is 12.8 Å².